The minimum Gasteiger partial charge on any atom is -0.550 e. The Kier molecular flexibility index (Phi) is 15.1. The van der Waals surface area contributed by atoms with Gasteiger partial charge in [0.1, 0.15) is 18.5 Å². The molecule has 3 N–H and O–H groups in total. The summed E-state index contributed by atoms with van der Waals surface area (Å²) in [4.78, 5) is 37.7. The molecule has 0 bridgehead atoms. The Hall–Kier alpha value is -2.60. The molecule has 2 rings (SSSR count). The van der Waals surface area contributed by atoms with Gasteiger partial charge in [-0.15, -0.1) is 0 Å². The summed E-state index contributed by atoms with van der Waals surface area (Å²) in [6, 6.07) is 1.17. The molecule has 1 aromatic heterocycles. The zero-order valence-corrected chi connectivity index (χ0v) is 23.2. The smallest absolute Gasteiger partial charge is 0.351 e. The number of carboxylic acid groups (broad SMARTS) is 1. The summed E-state index contributed by atoms with van der Waals surface area (Å²) in [7, 11) is 0. The SMILES string of the molecule is Nc1ccn([C@@H]2O[C@H](COC(=O)CCCCCCCCCCCCCCCCCC(=O)[O-])C(O)C2(F)F)c(=O)n1. The third-order valence-electron chi connectivity index (χ3n) is 7.15. The van der Waals surface area contributed by atoms with E-state index in [4.69, 9.17) is 15.2 Å². The minimum atomic E-state index is -3.79. The Morgan fingerprint density at radius 1 is 0.950 bits per heavy atom. The summed E-state index contributed by atoms with van der Waals surface area (Å²) in [5.74, 6) is -5.43. The van der Waals surface area contributed by atoms with Crippen LogP contribution >= 0.6 is 0 Å². The summed E-state index contributed by atoms with van der Waals surface area (Å²) < 4.78 is 39.8. The Balaban J connectivity index is 1.45. The number of esters is 1. The van der Waals surface area contributed by atoms with Gasteiger partial charge in [0.15, 0.2) is 6.10 Å². The number of aliphatic hydroxyl groups is 1. The second-order valence-electron chi connectivity index (χ2n) is 10.5. The van der Waals surface area contributed by atoms with Crippen LogP contribution in [-0.4, -0.2) is 51.3 Å². The van der Waals surface area contributed by atoms with Gasteiger partial charge in [0, 0.05) is 18.6 Å². The number of ether oxygens (including phenoxy) is 2. The highest BCUT2D eigenvalue weighted by Gasteiger charge is 2.60. The van der Waals surface area contributed by atoms with Crippen molar-refractivity contribution in [2.45, 2.75) is 134 Å². The molecule has 2 heterocycles. The Bertz CT molecular complexity index is 960. The average molecular weight is 573 g/mol. The topological polar surface area (TPSA) is 157 Å². The van der Waals surface area contributed by atoms with Crippen LogP contribution in [0.25, 0.3) is 0 Å². The maximum Gasteiger partial charge on any atom is 0.351 e. The van der Waals surface area contributed by atoms with Gasteiger partial charge in [-0.3, -0.25) is 9.36 Å². The first-order valence-electron chi connectivity index (χ1n) is 14.5. The van der Waals surface area contributed by atoms with Gasteiger partial charge < -0.3 is 30.2 Å². The number of hydrogen-bond donors (Lipinski definition) is 2. The number of nitrogens with zero attached hydrogens (tertiary/aromatic N) is 2. The van der Waals surface area contributed by atoms with Crippen LogP contribution in [0.2, 0.25) is 0 Å². The number of anilines is 1. The van der Waals surface area contributed by atoms with E-state index in [0.29, 0.717) is 17.4 Å². The summed E-state index contributed by atoms with van der Waals surface area (Å²) >= 11 is 0. The zero-order chi connectivity index (χ0) is 29.4. The molecule has 40 heavy (non-hydrogen) atoms. The van der Waals surface area contributed by atoms with Crippen LogP contribution in [0.5, 0.6) is 0 Å². The van der Waals surface area contributed by atoms with E-state index in [2.05, 4.69) is 4.98 Å². The molecule has 1 unspecified atom stereocenters. The molecule has 0 aromatic carbocycles. The number of aliphatic hydroxyl groups excluding tert-OH is 1. The van der Waals surface area contributed by atoms with Crippen LogP contribution < -0.4 is 16.5 Å². The van der Waals surface area contributed by atoms with Gasteiger partial charge in [0.25, 0.3) is 0 Å². The van der Waals surface area contributed by atoms with E-state index in [1.54, 1.807) is 0 Å². The number of aliphatic carboxylic acids is 1. The molecule has 1 aromatic rings. The second kappa shape index (κ2) is 18.0. The van der Waals surface area contributed by atoms with Crippen molar-refractivity contribution < 1.29 is 38.1 Å². The van der Waals surface area contributed by atoms with Crippen LogP contribution in [-0.2, 0) is 19.1 Å². The average Bonchev–Trinajstić information content (AvgIpc) is 3.12. The molecule has 1 saturated heterocycles. The lowest BCUT2D eigenvalue weighted by atomic mass is 10.0. The normalized spacial score (nSPS) is 20.0. The number of alkyl halides is 2. The van der Waals surface area contributed by atoms with Crippen LogP contribution in [0.4, 0.5) is 14.6 Å². The number of carbonyl (C=O) groups is 2. The van der Waals surface area contributed by atoms with Gasteiger partial charge in [0.2, 0.25) is 6.23 Å². The number of unbranched alkanes of at least 4 members (excludes halogenated alkanes) is 14. The second-order valence-corrected chi connectivity index (χ2v) is 10.5. The van der Waals surface area contributed by atoms with Crippen molar-refractivity contribution in [2.24, 2.45) is 0 Å². The number of rotatable bonds is 21. The highest BCUT2D eigenvalue weighted by Crippen LogP contribution is 2.42. The molecule has 0 radical (unpaired) electrons. The largest absolute Gasteiger partial charge is 0.550 e. The molecule has 1 aliphatic rings. The summed E-state index contributed by atoms with van der Waals surface area (Å²) in [6.45, 7) is -0.548. The molecule has 3 atom stereocenters. The number of carboxylic acids is 1. The van der Waals surface area contributed by atoms with Gasteiger partial charge in [-0.25, -0.2) is 4.79 Å². The van der Waals surface area contributed by atoms with Gasteiger partial charge in [-0.05, 0) is 25.3 Å². The van der Waals surface area contributed by atoms with Crippen LogP contribution in [0.3, 0.4) is 0 Å². The first kappa shape index (κ1) is 33.6. The number of carbonyl (C=O) groups excluding carboxylic acids is 2. The lowest BCUT2D eigenvalue weighted by molar-refractivity contribution is -0.305. The third-order valence-corrected chi connectivity index (χ3v) is 7.15. The van der Waals surface area contributed by atoms with Gasteiger partial charge >= 0.3 is 17.6 Å². The van der Waals surface area contributed by atoms with Gasteiger partial charge in [-0.2, -0.15) is 13.8 Å². The first-order valence-corrected chi connectivity index (χ1v) is 14.5. The maximum absolute atomic E-state index is 14.5. The highest BCUT2D eigenvalue weighted by atomic mass is 19.3. The monoisotopic (exact) mass is 572 g/mol. The fourth-order valence-corrected chi connectivity index (χ4v) is 4.79. The number of aromatic nitrogens is 2. The van der Waals surface area contributed by atoms with Gasteiger partial charge in [0.05, 0.1) is 0 Å². The molecular formula is C28H44F2N3O7-. The molecule has 1 aliphatic heterocycles. The molecule has 1 fully saturated rings. The predicted molar refractivity (Wildman–Crippen MR) is 142 cm³/mol. The van der Waals surface area contributed by atoms with E-state index in [1.807, 2.05) is 0 Å². The Morgan fingerprint density at radius 2 is 1.43 bits per heavy atom. The molecule has 0 spiro atoms. The van der Waals surface area contributed by atoms with Crippen molar-refractivity contribution in [2.75, 3.05) is 12.3 Å². The van der Waals surface area contributed by atoms with Crippen molar-refractivity contribution >= 4 is 17.8 Å². The van der Waals surface area contributed by atoms with E-state index in [1.165, 1.54) is 44.6 Å². The lowest BCUT2D eigenvalue weighted by Crippen LogP contribution is -2.42. The van der Waals surface area contributed by atoms with Crippen LogP contribution in [0.1, 0.15) is 115 Å². The third kappa shape index (κ3) is 11.9. The quantitative estimate of drug-likeness (QED) is 0.166. The molecule has 0 amide bonds. The molecule has 0 saturated carbocycles. The predicted octanol–water partition coefficient (Wildman–Crippen LogP) is 3.64. The zero-order valence-electron chi connectivity index (χ0n) is 23.2. The fraction of sp³-hybridized carbons (Fsp3) is 0.786. The number of hydrogen-bond acceptors (Lipinski definition) is 9. The Labute approximate surface area is 234 Å². The number of halogens is 2. The van der Waals surface area contributed by atoms with Crippen molar-refractivity contribution in [1.82, 2.24) is 9.55 Å². The van der Waals surface area contributed by atoms with Crippen molar-refractivity contribution in [3.8, 4) is 0 Å². The number of nitrogen functional groups attached to an aromatic ring is 1. The molecular weight excluding hydrogens is 528 g/mol. The molecule has 0 aliphatic carbocycles. The summed E-state index contributed by atoms with van der Waals surface area (Å²) in [5.41, 5.74) is 4.34. The number of nitrogens with two attached hydrogens (primary N) is 1. The fourth-order valence-electron chi connectivity index (χ4n) is 4.79. The molecule has 10 nitrogen and oxygen atoms in total. The van der Waals surface area contributed by atoms with E-state index in [-0.39, 0.29) is 18.7 Å². The maximum atomic E-state index is 14.5. The van der Waals surface area contributed by atoms with Crippen molar-refractivity contribution in [1.29, 1.82) is 0 Å². The molecule has 12 heteroatoms. The Morgan fingerprint density at radius 3 is 1.90 bits per heavy atom. The van der Waals surface area contributed by atoms with Crippen molar-refractivity contribution in [3.05, 3.63) is 22.7 Å². The standard InChI is InChI=1S/C28H45F2N3O7/c29-28(30)25(37)21(40-26(28)33-19-18-22(31)32-27(33)38)20-39-24(36)17-15-13-11-9-7-5-3-1-2-4-6-8-10-12-14-16-23(34)35/h18-19,21,25-26,37H,1-17,20H2,(H,34,35)(H2,31,32,38)/p-1/t21-,25?,26-/m1/s1. The van der Waals surface area contributed by atoms with E-state index in [9.17, 15) is 33.4 Å². The summed E-state index contributed by atoms with van der Waals surface area (Å²) in [5, 5.41) is 20.3. The highest BCUT2D eigenvalue weighted by molar-refractivity contribution is 5.69. The van der Waals surface area contributed by atoms with Crippen LogP contribution in [0.15, 0.2) is 17.1 Å². The van der Waals surface area contributed by atoms with E-state index >= 15 is 0 Å². The molecule has 228 valence electrons. The van der Waals surface area contributed by atoms with Crippen molar-refractivity contribution in [3.63, 3.8) is 0 Å². The minimum absolute atomic E-state index is 0.130. The van der Waals surface area contributed by atoms with Gasteiger partial charge in [-0.1, -0.05) is 83.5 Å². The van der Waals surface area contributed by atoms with E-state index in [0.717, 1.165) is 51.1 Å². The van der Waals surface area contributed by atoms with Crippen LogP contribution in [0, 0.1) is 0 Å². The first-order chi connectivity index (χ1) is 19.1. The van der Waals surface area contributed by atoms with E-state index < -0.39 is 48.6 Å². The summed E-state index contributed by atoms with van der Waals surface area (Å²) in [6.07, 6.45) is 11.5. The lowest BCUT2D eigenvalue weighted by Gasteiger charge is -2.20.